The summed E-state index contributed by atoms with van der Waals surface area (Å²) in [4.78, 5) is 4.45. The predicted octanol–water partition coefficient (Wildman–Crippen LogP) is 1.61. The third-order valence-electron chi connectivity index (χ3n) is 4.01. The average molecular weight is 251 g/mol. The van der Waals surface area contributed by atoms with Crippen LogP contribution in [0.25, 0.3) is 0 Å². The molecule has 2 heterocycles. The molecule has 0 aromatic carbocycles. The van der Waals surface area contributed by atoms with Gasteiger partial charge in [0.2, 0.25) is 0 Å². The Balaban J connectivity index is 2.05. The maximum Gasteiger partial charge on any atom is 0.109 e. The summed E-state index contributed by atoms with van der Waals surface area (Å²) in [5.41, 5.74) is 0. The number of imidazole rings is 1. The Hall–Kier alpha value is -0.870. The molecule has 18 heavy (non-hydrogen) atoms. The van der Waals surface area contributed by atoms with Crippen LogP contribution in [0.15, 0.2) is 12.4 Å². The minimum atomic E-state index is 0.509. The van der Waals surface area contributed by atoms with Crippen LogP contribution in [0.2, 0.25) is 0 Å². The zero-order valence-corrected chi connectivity index (χ0v) is 11.7. The summed E-state index contributed by atoms with van der Waals surface area (Å²) in [5.74, 6) is 2.48. The first-order valence-electron chi connectivity index (χ1n) is 6.99. The fourth-order valence-electron chi connectivity index (χ4n) is 2.92. The van der Waals surface area contributed by atoms with Gasteiger partial charge in [-0.15, -0.1) is 0 Å². The second-order valence-electron chi connectivity index (χ2n) is 5.33. The quantitative estimate of drug-likeness (QED) is 0.864. The van der Waals surface area contributed by atoms with Crippen molar-refractivity contribution in [2.75, 3.05) is 19.8 Å². The monoisotopic (exact) mass is 251 g/mol. The molecule has 102 valence electrons. The predicted molar refractivity (Wildman–Crippen MR) is 72.5 cm³/mol. The van der Waals surface area contributed by atoms with Crippen molar-refractivity contribution >= 4 is 0 Å². The van der Waals surface area contributed by atoms with Gasteiger partial charge in [-0.1, -0.05) is 13.8 Å². The van der Waals surface area contributed by atoms with E-state index in [2.05, 4.69) is 35.8 Å². The Kier molecular flexibility index (Phi) is 4.78. The number of likely N-dealkylation sites (N-methyl/N-ethyl adjacent to an activating group) is 1. The van der Waals surface area contributed by atoms with Crippen LogP contribution in [0.3, 0.4) is 0 Å². The Bertz CT molecular complexity index is 364. The first-order valence-corrected chi connectivity index (χ1v) is 6.99. The molecule has 0 bridgehead atoms. The Morgan fingerprint density at radius 1 is 1.61 bits per heavy atom. The molecule has 4 heteroatoms. The van der Waals surface area contributed by atoms with Gasteiger partial charge >= 0.3 is 0 Å². The van der Waals surface area contributed by atoms with Crippen molar-refractivity contribution in [3.8, 4) is 0 Å². The molecule has 3 atom stereocenters. The Labute approximate surface area is 110 Å². The zero-order valence-electron chi connectivity index (χ0n) is 11.7. The lowest BCUT2D eigenvalue weighted by Crippen LogP contribution is -2.44. The second kappa shape index (κ2) is 6.34. The summed E-state index contributed by atoms with van der Waals surface area (Å²) in [6, 6.07) is 0.509. The lowest BCUT2D eigenvalue weighted by molar-refractivity contribution is 0.0108. The average Bonchev–Trinajstić information content (AvgIpc) is 2.75. The SMILES string of the molecule is CCNC(Cc1nccn1C)C1CCOCC1C. The van der Waals surface area contributed by atoms with E-state index >= 15 is 0 Å². The van der Waals surface area contributed by atoms with Gasteiger partial charge in [0, 0.05) is 45.1 Å². The summed E-state index contributed by atoms with van der Waals surface area (Å²) >= 11 is 0. The first-order chi connectivity index (χ1) is 8.72. The van der Waals surface area contributed by atoms with Gasteiger partial charge in [0.05, 0.1) is 0 Å². The van der Waals surface area contributed by atoms with E-state index in [1.807, 2.05) is 12.4 Å². The highest BCUT2D eigenvalue weighted by Crippen LogP contribution is 2.26. The zero-order chi connectivity index (χ0) is 13.0. The van der Waals surface area contributed by atoms with Crippen molar-refractivity contribution in [3.63, 3.8) is 0 Å². The van der Waals surface area contributed by atoms with E-state index in [-0.39, 0.29) is 0 Å². The molecule has 0 saturated carbocycles. The van der Waals surface area contributed by atoms with E-state index in [4.69, 9.17) is 4.74 Å². The molecule has 1 aliphatic heterocycles. The van der Waals surface area contributed by atoms with E-state index in [1.165, 1.54) is 5.82 Å². The minimum absolute atomic E-state index is 0.509. The molecule has 1 aliphatic rings. The van der Waals surface area contributed by atoms with Crippen molar-refractivity contribution in [2.24, 2.45) is 18.9 Å². The molecule has 1 N–H and O–H groups in total. The summed E-state index contributed by atoms with van der Waals surface area (Å²) in [7, 11) is 2.07. The number of aryl methyl sites for hydroxylation is 1. The van der Waals surface area contributed by atoms with E-state index in [9.17, 15) is 0 Å². The van der Waals surface area contributed by atoms with Crippen LogP contribution in [0, 0.1) is 11.8 Å². The van der Waals surface area contributed by atoms with Crippen LogP contribution >= 0.6 is 0 Å². The van der Waals surface area contributed by atoms with Crippen LogP contribution in [0.4, 0.5) is 0 Å². The molecule has 1 saturated heterocycles. The number of aromatic nitrogens is 2. The molecule has 0 radical (unpaired) electrons. The van der Waals surface area contributed by atoms with E-state index in [0.29, 0.717) is 17.9 Å². The van der Waals surface area contributed by atoms with Crippen LogP contribution in [-0.2, 0) is 18.2 Å². The largest absolute Gasteiger partial charge is 0.381 e. The fourth-order valence-corrected chi connectivity index (χ4v) is 2.92. The highest BCUT2D eigenvalue weighted by atomic mass is 16.5. The number of hydrogen-bond acceptors (Lipinski definition) is 3. The van der Waals surface area contributed by atoms with Gasteiger partial charge in [0.1, 0.15) is 5.82 Å². The van der Waals surface area contributed by atoms with Gasteiger partial charge in [-0.3, -0.25) is 0 Å². The number of rotatable bonds is 5. The van der Waals surface area contributed by atoms with Gasteiger partial charge in [0.25, 0.3) is 0 Å². The van der Waals surface area contributed by atoms with Gasteiger partial charge in [0.15, 0.2) is 0 Å². The fraction of sp³-hybridized carbons (Fsp3) is 0.786. The van der Waals surface area contributed by atoms with Gasteiger partial charge < -0.3 is 14.6 Å². The highest BCUT2D eigenvalue weighted by Gasteiger charge is 2.29. The molecule has 1 fully saturated rings. The van der Waals surface area contributed by atoms with Crippen molar-refractivity contribution in [2.45, 2.75) is 32.7 Å². The van der Waals surface area contributed by atoms with E-state index in [1.54, 1.807) is 0 Å². The van der Waals surface area contributed by atoms with Crippen LogP contribution < -0.4 is 5.32 Å². The van der Waals surface area contributed by atoms with Crippen LogP contribution in [-0.4, -0.2) is 35.4 Å². The van der Waals surface area contributed by atoms with Crippen molar-refractivity contribution < 1.29 is 4.74 Å². The molecule has 1 aromatic rings. The summed E-state index contributed by atoms with van der Waals surface area (Å²) < 4.78 is 7.67. The van der Waals surface area contributed by atoms with Crippen molar-refractivity contribution in [3.05, 3.63) is 18.2 Å². The first kappa shape index (κ1) is 13.6. The molecule has 1 aromatic heterocycles. The lowest BCUT2D eigenvalue weighted by Gasteiger charge is -2.35. The smallest absolute Gasteiger partial charge is 0.109 e. The molecule has 4 nitrogen and oxygen atoms in total. The molecule has 0 amide bonds. The molecular weight excluding hydrogens is 226 g/mol. The number of hydrogen-bond donors (Lipinski definition) is 1. The van der Waals surface area contributed by atoms with Gasteiger partial charge in [-0.25, -0.2) is 4.98 Å². The lowest BCUT2D eigenvalue weighted by atomic mass is 9.82. The van der Waals surface area contributed by atoms with Crippen molar-refractivity contribution in [1.82, 2.24) is 14.9 Å². The van der Waals surface area contributed by atoms with Gasteiger partial charge in [-0.05, 0) is 24.8 Å². The Morgan fingerprint density at radius 3 is 3.06 bits per heavy atom. The molecule has 0 spiro atoms. The second-order valence-corrected chi connectivity index (χ2v) is 5.33. The van der Waals surface area contributed by atoms with Gasteiger partial charge in [-0.2, -0.15) is 0 Å². The summed E-state index contributed by atoms with van der Waals surface area (Å²) in [5, 5.41) is 3.64. The Morgan fingerprint density at radius 2 is 2.44 bits per heavy atom. The number of nitrogens with one attached hydrogen (secondary N) is 1. The third kappa shape index (κ3) is 3.12. The number of ether oxygens (including phenoxy) is 1. The van der Waals surface area contributed by atoms with Crippen LogP contribution in [0.5, 0.6) is 0 Å². The molecule has 0 aliphatic carbocycles. The molecular formula is C14H25N3O. The van der Waals surface area contributed by atoms with Crippen molar-refractivity contribution in [1.29, 1.82) is 0 Å². The van der Waals surface area contributed by atoms with E-state index in [0.717, 1.165) is 32.6 Å². The number of nitrogens with zero attached hydrogens (tertiary/aromatic N) is 2. The topological polar surface area (TPSA) is 39.1 Å². The maximum absolute atomic E-state index is 5.55. The van der Waals surface area contributed by atoms with E-state index < -0.39 is 0 Å². The highest BCUT2D eigenvalue weighted by molar-refractivity contribution is 4.97. The minimum Gasteiger partial charge on any atom is -0.381 e. The third-order valence-corrected chi connectivity index (χ3v) is 4.01. The molecule has 3 unspecified atom stereocenters. The maximum atomic E-state index is 5.55. The summed E-state index contributed by atoms with van der Waals surface area (Å²) in [6.45, 7) is 7.28. The normalized spacial score (nSPS) is 26.2. The summed E-state index contributed by atoms with van der Waals surface area (Å²) in [6.07, 6.45) is 6.06. The standard InChI is InChI=1S/C14H25N3O/c1-4-15-13(9-14-16-6-7-17(14)3)12-5-8-18-10-11(12)2/h6-7,11-13,15H,4-5,8-10H2,1-3H3. The molecule has 2 rings (SSSR count). The van der Waals surface area contributed by atoms with Crippen LogP contribution in [0.1, 0.15) is 26.1 Å².